The number of nitriles is 1. The topological polar surface area (TPSA) is 74.1 Å². The molecular formula is C16H21N3O2. The molecule has 0 aromatic heterocycles. The van der Waals surface area contributed by atoms with E-state index in [2.05, 4.69) is 16.7 Å². The molecule has 1 aromatic carbocycles. The van der Waals surface area contributed by atoms with Gasteiger partial charge in [0.25, 0.3) is 0 Å². The molecule has 21 heavy (non-hydrogen) atoms. The number of rotatable bonds is 5. The van der Waals surface area contributed by atoms with Gasteiger partial charge in [-0.15, -0.1) is 0 Å². The van der Waals surface area contributed by atoms with Crippen LogP contribution < -0.4 is 15.4 Å². The summed E-state index contributed by atoms with van der Waals surface area (Å²) in [5.74, 6) is 0.770. The molecule has 0 spiro atoms. The summed E-state index contributed by atoms with van der Waals surface area (Å²) in [6.45, 7) is 6.09. The molecule has 1 heterocycles. The molecule has 112 valence electrons. The Balaban J connectivity index is 2.04. The first-order valence-corrected chi connectivity index (χ1v) is 7.16. The average molecular weight is 287 g/mol. The molecule has 5 nitrogen and oxygen atoms in total. The molecule has 0 aliphatic carbocycles. The predicted octanol–water partition coefficient (Wildman–Crippen LogP) is 2.23. The average Bonchev–Trinajstić information content (AvgIpc) is 2.44. The molecule has 0 saturated carbocycles. The maximum atomic E-state index is 11.3. The van der Waals surface area contributed by atoms with Crippen molar-refractivity contribution in [2.75, 3.05) is 11.9 Å². The monoisotopic (exact) mass is 287 g/mol. The summed E-state index contributed by atoms with van der Waals surface area (Å²) in [6, 6.07) is 8.06. The Morgan fingerprint density at radius 1 is 1.48 bits per heavy atom. The zero-order valence-corrected chi connectivity index (χ0v) is 12.7. The van der Waals surface area contributed by atoms with Crippen LogP contribution in [0.5, 0.6) is 5.75 Å². The summed E-state index contributed by atoms with van der Waals surface area (Å²) >= 11 is 0. The van der Waals surface area contributed by atoms with Gasteiger partial charge in [-0.3, -0.25) is 10.1 Å². The number of amides is 1. The van der Waals surface area contributed by atoms with Gasteiger partial charge in [0.15, 0.2) is 0 Å². The molecule has 1 amide bonds. The number of nitrogens with one attached hydrogen (secondary N) is 2. The SMILES string of the molecule is CC(C)NC(C)(C#N)COc1ccc2c(c1)CCC(=O)N2. The van der Waals surface area contributed by atoms with E-state index in [1.165, 1.54) is 0 Å². The molecule has 0 saturated heterocycles. The first kappa shape index (κ1) is 15.3. The minimum Gasteiger partial charge on any atom is -0.491 e. The van der Waals surface area contributed by atoms with Gasteiger partial charge < -0.3 is 10.1 Å². The molecule has 0 fully saturated rings. The highest BCUT2D eigenvalue weighted by atomic mass is 16.5. The Labute approximate surface area is 125 Å². The second-order valence-corrected chi connectivity index (χ2v) is 5.90. The van der Waals surface area contributed by atoms with Crippen molar-refractivity contribution in [3.8, 4) is 11.8 Å². The number of hydrogen-bond acceptors (Lipinski definition) is 4. The first-order chi connectivity index (χ1) is 9.92. The predicted molar refractivity (Wildman–Crippen MR) is 81.2 cm³/mol. The van der Waals surface area contributed by atoms with Gasteiger partial charge in [-0.1, -0.05) is 0 Å². The van der Waals surface area contributed by atoms with Crippen LogP contribution in [0.2, 0.25) is 0 Å². The van der Waals surface area contributed by atoms with Crippen LogP contribution >= 0.6 is 0 Å². The van der Waals surface area contributed by atoms with Crippen LogP contribution in [-0.2, 0) is 11.2 Å². The van der Waals surface area contributed by atoms with E-state index in [4.69, 9.17) is 4.74 Å². The van der Waals surface area contributed by atoms with Crippen molar-refractivity contribution in [2.24, 2.45) is 0 Å². The van der Waals surface area contributed by atoms with Gasteiger partial charge in [0.1, 0.15) is 17.9 Å². The molecule has 2 rings (SSSR count). The molecule has 5 heteroatoms. The van der Waals surface area contributed by atoms with Crippen molar-refractivity contribution >= 4 is 11.6 Å². The van der Waals surface area contributed by atoms with Crippen LogP contribution in [-0.4, -0.2) is 24.1 Å². The second kappa shape index (κ2) is 6.15. The van der Waals surface area contributed by atoms with Crippen molar-refractivity contribution in [3.05, 3.63) is 23.8 Å². The molecule has 1 aliphatic heterocycles. The van der Waals surface area contributed by atoms with E-state index < -0.39 is 5.54 Å². The number of benzene rings is 1. The smallest absolute Gasteiger partial charge is 0.224 e. The quantitative estimate of drug-likeness (QED) is 0.871. The van der Waals surface area contributed by atoms with Gasteiger partial charge in [-0.2, -0.15) is 5.26 Å². The van der Waals surface area contributed by atoms with Crippen molar-refractivity contribution in [1.82, 2.24) is 5.32 Å². The standard InChI is InChI=1S/C16H21N3O2/c1-11(2)19-16(3,9-17)10-21-13-5-6-14-12(8-13)4-7-15(20)18-14/h5-6,8,11,19H,4,7,10H2,1-3H3,(H,18,20). The van der Waals surface area contributed by atoms with E-state index >= 15 is 0 Å². The number of aryl methyl sites for hydroxylation is 1. The molecule has 2 N–H and O–H groups in total. The van der Waals surface area contributed by atoms with E-state index in [1.807, 2.05) is 39.0 Å². The molecule has 0 radical (unpaired) electrons. The maximum Gasteiger partial charge on any atom is 0.224 e. The van der Waals surface area contributed by atoms with Crippen molar-refractivity contribution in [2.45, 2.75) is 45.2 Å². The zero-order chi connectivity index (χ0) is 15.5. The fourth-order valence-corrected chi connectivity index (χ4v) is 2.42. The van der Waals surface area contributed by atoms with Crippen LogP contribution in [0.1, 0.15) is 32.8 Å². The number of anilines is 1. The third kappa shape index (κ3) is 3.96. The van der Waals surface area contributed by atoms with Crippen molar-refractivity contribution < 1.29 is 9.53 Å². The summed E-state index contributed by atoms with van der Waals surface area (Å²) in [6.07, 6.45) is 1.22. The third-order valence-electron chi connectivity index (χ3n) is 3.35. The Hall–Kier alpha value is -2.06. The molecule has 1 atom stereocenters. The normalized spacial score (nSPS) is 16.6. The number of carbonyl (C=O) groups is 1. The lowest BCUT2D eigenvalue weighted by Gasteiger charge is -2.26. The fraction of sp³-hybridized carbons (Fsp3) is 0.500. The lowest BCUT2D eigenvalue weighted by Crippen LogP contribution is -2.49. The summed E-state index contributed by atoms with van der Waals surface area (Å²) in [7, 11) is 0. The zero-order valence-electron chi connectivity index (χ0n) is 12.7. The maximum absolute atomic E-state index is 11.3. The van der Waals surface area contributed by atoms with Crippen molar-refractivity contribution in [3.63, 3.8) is 0 Å². The lowest BCUT2D eigenvalue weighted by atomic mass is 10.0. The summed E-state index contributed by atoms with van der Waals surface area (Å²) in [4.78, 5) is 11.3. The number of hydrogen-bond donors (Lipinski definition) is 2. The Morgan fingerprint density at radius 2 is 2.24 bits per heavy atom. The summed E-state index contributed by atoms with van der Waals surface area (Å²) in [5.41, 5.74) is 1.20. The van der Waals surface area contributed by atoms with Gasteiger partial charge in [0, 0.05) is 18.2 Å². The van der Waals surface area contributed by atoms with Gasteiger partial charge >= 0.3 is 0 Å². The van der Waals surface area contributed by atoms with Gasteiger partial charge in [0.2, 0.25) is 5.91 Å². The van der Waals surface area contributed by atoms with E-state index in [-0.39, 0.29) is 18.6 Å². The Kier molecular flexibility index (Phi) is 4.49. The highest BCUT2D eigenvalue weighted by Crippen LogP contribution is 2.27. The van der Waals surface area contributed by atoms with Crippen LogP contribution in [0.3, 0.4) is 0 Å². The fourth-order valence-electron chi connectivity index (χ4n) is 2.42. The molecule has 1 unspecified atom stereocenters. The highest BCUT2D eigenvalue weighted by Gasteiger charge is 2.25. The molecule has 1 aliphatic rings. The van der Waals surface area contributed by atoms with Gasteiger partial charge in [-0.25, -0.2) is 0 Å². The van der Waals surface area contributed by atoms with Crippen LogP contribution in [0.15, 0.2) is 18.2 Å². The summed E-state index contributed by atoms with van der Waals surface area (Å²) in [5, 5.41) is 15.3. The Bertz CT molecular complexity index is 577. The van der Waals surface area contributed by atoms with E-state index in [9.17, 15) is 10.1 Å². The minimum atomic E-state index is -0.724. The van der Waals surface area contributed by atoms with Crippen LogP contribution in [0, 0.1) is 11.3 Å². The van der Waals surface area contributed by atoms with Crippen LogP contribution in [0.4, 0.5) is 5.69 Å². The van der Waals surface area contributed by atoms with Crippen LogP contribution in [0.25, 0.3) is 0 Å². The Morgan fingerprint density at radius 3 is 2.90 bits per heavy atom. The number of nitrogens with zero attached hydrogens (tertiary/aromatic N) is 1. The number of ether oxygens (including phenoxy) is 1. The third-order valence-corrected chi connectivity index (χ3v) is 3.35. The second-order valence-electron chi connectivity index (χ2n) is 5.90. The van der Waals surface area contributed by atoms with Gasteiger partial charge in [0.05, 0.1) is 6.07 Å². The molecular weight excluding hydrogens is 266 g/mol. The number of fused-ring (bicyclic) bond motifs is 1. The van der Waals surface area contributed by atoms with Gasteiger partial charge in [-0.05, 0) is 51.0 Å². The first-order valence-electron chi connectivity index (χ1n) is 7.16. The largest absolute Gasteiger partial charge is 0.491 e. The molecule has 1 aromatic rings. The number of carbonyl (C=O) groups excluding carboxylic acids is 1. The van der Waals surface area contributed by atoms with Crippen molar-refractivity contribution in [1.29, 1.82) is 5.26 Å². The van der Waals surface area contributed by atoms with E-state index in [1.54, 1.807) is 0 Å². The minimum absolute atomic E-state index is 0.0503. The lowest BCUT2D eigenvalue weighted by molar-refractivity contribution is -0.116. The van der Waals surface area contributed by atoms with E-state index in [0.29, 0.717) is 6.42 Å². The van der Waals surface area contributed by atoms with E-state index in [0.717, 1.165) is 23.4 Å². The highest BCUT2D eigenvalue weighted by molar-refractivity contribution is 5.93. The summed E-state index contributed by atoms with van der Waals surface area (Å²) < 4.78 is 5.76. The molecule has 0 bridgehead atoms.